The van der Waals surface area contributed by atoms with E-state index in [0.29, 0.717) is 29.1 Å². The summed E-state index contributed by atoms with van der Waals surface area (Å²) in [6.45, 7) is 1.86. The van der Waals surface area contributed by atoms with Gasteiger partial charge in [0.05, 0.1) is 18.1 Å². The fraction of sp³-hybridized carbons (Fsp3) is 0.167. The molecular weight excluding hydrogens is 409 g/mol. The van der Waals surface area contributed by atoms with Gasteiger partial charge in [0.2, 0.25) is 0 Å². The molecular formula is C24H20FN5O2. The number of carboxylic acid groups (broad SMARTS) is 1. The zero-order chi connectivity index (χ0) is 22.2. The van der Waals surface area contributed by atoms with Crippen LogP contribution in [0, 0.1) is 12.7 Å². The molecule has 160 valence electrons. The van der Waals surface area contributed by atoms with Crippen LogP contribution in [0.1, 0.15) is 23.1 Å². The number of anilines is 1. The molecule has 1 aromatic carbocycles. The quantitative estimate of drug-likeness (QED) is 0.479. The summed E-state index contributed by atoms with van der Waals surface area (Å²) in [5.41, 5.74) is 5.63. The largest absolute Gasteiger partial charge is 0.480 e. The second-order valence-corrected chi connectivity index (χ2v) is 7.81. The number of benzene rings is 1. The van der Waals surface area contributed by atoms with Crippen molar-refractivity contribution in [1.82, 2.24) is 19.6 Å². The summed E-state index contributed by atoms with van der Waals surface area (Å²) in [4.78, 5) is 20.6. The number of rotatable bonds is 6. The summed E-state index contributed by atoms with van der Waals surface area (Å²) in [7, 11) is 0. The lowest BCUT2D eigenvalue weighted by atomic mass is 9.99. The van der Waals surface area contributed by atoms with Gasteiger partial charge in [-0.1, -0.05) is 30.3 Å². The van der Waals surface area contributed by atoms with Crippen LogP contribution in [0.25, 0.3) is 22.5 Å². The van der Waals surface area contributed by atoms with Gasteiger partial charge in [0, 0.05) is 29.8 Å². The first kappa shape index (κ1) is 19.9. The van der Waals surface area contributed by atoms with E-state index in [-0.39, 0.29) is 0 Å². The van der Waals surface area contributed by atoms with Crippen molar-refractivity contribution >= 4 is 23.0 Å². The van der Waals surface area contributed by atoms with Gasteiger partial charge in [0.25, 0.3) is 0 Å². The molecule has 0 spiro atoms. The van der Waals surface area contributed by atoms with Crippen molar-refractivity contribution in [3.05, 3.63) is 83.6 Å². The standard InChI is InChI=1S/C24H20FN5O2/c1-14-11-27-30-22(10-20(29-23(14)30)17-8-18(25)13-26-12-17)28-21(24(31)32)9-16-7-6-15-4-2-3-5-19(15)16/h2-5,7-8,10-13,21,28H,6,9H2,1H3,(H,31,32)/t21-/m0/s1. The lowest BCUT2D eigenvalue weighted by Gasteiger charge is -2.18. The van der Waals surface area contributed by atoms with Gasteiger partial charge in [-0.2, -0.15) is 9.61 Å². The van der Waals surface area contributed by atoms with Crippen molar-refractivity contribution in [2.75, 3.05) is 5.32 Å². The van der Waals surface area contributed by atoms with E-state index in [0.717, 1.165) is 29.3 Å². The molecule has 0 radical (unpaired) electrons. The number of carboxylic acids is 1. The minimum absolute atomic E-state index is 0.313. The molecule has 1 aliphatic rings. The van der Waals surface area contributed by atoms with Gasteiger partial charge in [0.15, 0.2) is 5.65 Å². The molecule has 0 unspecified atom stereocenters. The third-order valence-corrected chi connectivity index (χ3v) is 5.62. The van der Waals surface area contributed by atoms with Crippen molar-refractivity contribution in [3.63, 3.8) is 0 Å². The normalized spacial score (nSPS) is 13.6. The van der Waals surface area contributed by atoms with Crippen LogP contribution in [0.5, 0.6) is 0 Å². The van der Waals surface area contributed by atoms with Crippen LogP contribution in [0.3, 0.4) is 0 Å². The van der Waals surface area contributed by atoms with E-state index in [1.165, 1.54) is 17.8 Å². The minimum Gasteiger partial charge on any atom is -0.480 e. The van der Waals surface area contributed by atoms with E-state index in [9.17, 15) is 14.3 Å². The highest BCUT2D eigenvalue weighted by atomic mass is 19.1. The number of nitrogens with zero attached hydrogens (tertiary/aromatic N) is 4. The van der Waals surface area contributed by atoms with Crippen LogP contribution in [-0.2, 0) is 11.2 Å². The molecule has 4 aromatic rings. The highest BCUT2D eigenvalue weighted by Gasteiger charge is 2.24. The predicted octanol–water partition coefficient (Wildman–Crippen LogP) is 4.13. The number of aliphatic carboxylic acids is 1. The van der Waals surface area contributed by atoms with Gasteiger partial charge in [0.1, 0.15) is 17.7 Å². The van der Waals surface area contributed by atoms with Gasteiger partial charge < -0.3 is 10.4 Å². The molecule has 32 heavy (non-hydrogen) atoms. The molecule has 3 aromatic heterocycles. The number of halogens is 1. The smallest absolute Gasteiger partial charge is 0.326 e. The van der Waals surface area contributed by atoms with Crippen molar-refractivity contribution in [2.45, 2.75) is 25.8 Å². The molecule has 3 heterocycles. The average molecular weight is 429 g/mol. The zero-order valence-corrected chi connectivity index (χ0v) is 17.3. The summed E-state index contributed by atoms with van der Waals surface area (Å²) in [6, 6.07) is 10.1. The lowest BCUT2D eigenvalue weighted by Crippen LogP contribution is -2.30. The van der Waals surface area contributed by atoms with Gasteiger partial charge in [-0.3, -0.25) is 4.98 Å². The van der Waals surface area contributed by atoms with Crippen molar-refractivity contribution in [2.24, 2.45) is 0 Å². The van der Waals surface area contributed by atoms with Gasteiger partial charge in [-0.15, -0.1) is 0 Å². The summed E-state index contributed by atoms with van der Waals surface area (Å²) in [6.07, 6.45) is 7.49. The molecule has 0 fully saturated rings. The van der Waals surface area contributed by atoms with Gasteiger partial charge in [-0.05, 0) is 36.1 Å². The number of allylic oxidation sites excluding steroid dienone is 1. The molecule has 0 saturated carbocycles. The zero-order valence-electron chi connectivity index (χ0n) is 17.3. The van der Waals surface area contributed by atoms with Crippen LogP contribution in [0.2, 0.25) is 0 Å². The van der Waals surface area contributed by atoms with Crippen LogP contribution >= 0.6 is 0 Å². The SMILES string of the molecule is Cc1cnn2c(N[C@@H](CC3=CCc4ccccc43)C(=O)O)cc(-c3cncc(F)c3)nc12. The number of nitrogens with one attached hydrogen (secondary N) is 1. The average Bonchev–Trinajstić information content (AvgIpc) is 3.37. The van der Waals surface area contributed by atoms with Crippen LogP contribution < -0.4 is 5.32 Å². The van der Waals surface area contributed by atoms with E-state index < -0.39 is 17.8 Å². The summed E-state index contributed by atoms with van der Waals surface area (Å²) >= 11 is 0. The molecule has 1 aliphatic carbocycles. The Labute approximate surface area is 183 Å². The first-order valence-corrected chi connectivity index (χ1v) is 10.2. The number of hydrogen-bond acceptors (Lipinski definition) is 5. The fourth-order valence-electron chi connectivity index (χ4n) is 4.02. The molecule has 0 aliphatic heterocycles. The molecule has 0 amide bonds. The minimum atomic E-state index is -0.974. The van der Waals surface area contributed by atoms with Crippen molar-refractivity contribution in [1.29, 1.82) is 0 Å². The topological polar surface area (TPSA) is 92.4 Å². The molecule has 5 rings (SSSR count). The van der Waals surface area contributed by atoms with Crippen LogP contribution in [-0.4, -0.2) is 36.7 Å². The molecule has 1 atom stereocenters. The number of aromatic nitrogens is 4. The summed E-state index contributed by atoms with van der Waals surface area (Å²) in [5.74, 6) is -0.987. The molecule has 0 bridgehead atoms. The van der Waals surface area contributed by atoms with E-state index in [4.69, 9.17) is 0 Å². The maximum Gasteiger partial charge on any atom is 0.326 e. The molecule has 2 N–H and O–H groups in total. The van der Waals surface area contributed by atoms with E-state index in [1.807, 2.05) is 25.1 Å². The Morgan fingerprint density at radius 1 is 1.25 bits per heavy atom. The van der Waals surface area contributed by atoms with Gasteiger partial charge >= 0.3 is 5.97 Å². The second kappa shape index (κ2) is 7.88. The number of aryl methyl sites for hydroxylation is 1. The third-order valence-electron chi connectivity index (χ3n) is 5.62. The maximum absolute atomic E-state index is 13.7. The van der Waals surface area contributed by atoms with Gasteiger partial charge in [-0.25, -0.2) is 14.2 Å². The Kier molecular flexibility index (Phi) is 4.89. The second-order valence-electron chi connectivity index (χ2n) is 7.81. The van der Waals surface area contributed by atoms with Crippen LogP contribution in [0.4, 0.5) is 10.2 Å². The molecule has 7 nitrogen and oxygen atoms in total. The van der Waals surface area contributed by atoms with E-state index >= 15 is 0 Å². The number of carbonyl (C=O) groups is 1. The summed E-state index contributed by atoms with van der Waals surface area (Å²) < 4.78 is 15.3. The third kappa shape index (κ3) is 3.60. The van der Waals surface area contributed by atoms with Crippen LogP contribution in [0.15, 0.2) is 61.1 Å². The summed E-state index contributed by atoms with van der Waals surface area (Å²) in [5, 5.41) is 17.4. The first-order valence-electron chi connectivity index (χ1n) is 10.2. The maximum atomic E-state index is 13.7. The highest BCUT2D eigenvalue weighted by Crippen LogP contribution is 2.32. The Bertz CT molecular complexity index is 1380. The molecule has 8 heteroatoms. The first-order chi connectivity index (χ1) is 15.5. The monoisotopic (exact) mass is 429 g/mol. The Balaban J connectivity index is 1.52. The fourth-order valence-corrected chi connectivity index (χ4v) is 4.02. The van der Waals surface area contributed by atoms with Crippen molar-refractivity contribution < 1.29 is 14.3 Å². The molecule has 0 saturated heterocycles. The lowest BCUT2D eigenvalue weighted by molar-refractivity contribution is -0.137. The van der Waals surface area contributed by atoms with E-state index in [1.54, 1.807) is 16.8 Å². The Hall–Kier alpha value is -4.07. The number of hydrogen-bond donors (Lipinski definition) is 2. The Morgan fingerprint density at radius 2 is 2.09 bits per heavy atom. The van der Waals surface area contributed by atoms with E-state index in [2.05, 4.69) is 32.5 Å². The van der Waals surface area contributed by atoms with Crippen molar-refractivity contribution in [3.8, 4) is 11.3 Å². The Morgan fingerprint density at radius 3 is 2.91 bits per heavy atom. The number of fused-ring (bicyclic) bond motifs is 2. The predicted molar refractivity (Wildman–Crippen MR) is 119 cm³/mol. The highest BCUT2D eigenvalue weighted by molar-refractivity contribution is 5.83. The number of pyridine rings is 1.